The number of nitrogens with two attached hydrogens (primary N) is 1. The molecule has 0 saturated carbocycles. The summed E-state index contributed by atoms with van der Waals surface area (Å²) in [7, 11) is 3.79. The Morgan fingerprint density at radius 3 is 2.68 bits per heavy atom. The van der Waals surface area contributed by atoms with Gasteiger partial charge in [-0.1, -0.05) is 0 Å². The van der Waals surface area contributed by atoms with Crippen LogP contribution in [0.4, 0.5) is 5.69 Å². The third kappa shape index (κ3) is 3.39. The Labute approximate surface area is 115 Å². The molecule has 0 spiro atoms. The molecular formula is C15H24N2O2. The van der Waals surface area contributed by atoms with Crippen molar-refractivity contribution in [1.29, 1.82) is 0 Å². The molecule has 0 bridgehead atoms. The normalized spacial score (nSPS) is 20.9. The first-order valence-electron chi connectivity index (χ1n) is 6.91. The van der Waals surface area contributed by atoms with Crippen molar-refractivity contribution < 1.29 is 9.47 Å². The van der Waals surface area contributed by atoms with Crippen LogP contribution in [0.1, 0.15) is 12.8 Å². The zero-order chi connectivity index (χ0) is 13.7. The minimum Gasteiger partial charge on any atom is -0.497 e. The van der Waals surface area contributed by atoms with Gasteiger partial charge in [0.25, 0.3) is 0 Å². The Morgan fingerprint density at radius 1 is 1.42 bits per heavy atom. The molecule has 1 aromatic carbocycles. The predicted octanol–water partition coefficient (Wildman–Crippen LogP) is 1.89. The highest BCUT2D eigenvalue weighted by Crippen LogP contribution is 2.25. The number of benzene rings is 1. The second-order valence-electron chi connectivity index (χ2n) is 5.09. The van der Waals surface area contributed by atoms with Gasteiger partial charge in [0.2, 0.25) is 0 Å². The van der Waals surface area contributed by atoms with Crippen molar-refractivity contribution in [3.63, 3.8) is 0 Å². The summed E-state index contributed by atoms with van der Waals surface area (Å²) >= 11 is 0. The van der Waals surface area contributed by atoms with Crippen LogP contribution in [-0.4, -0.2) is 40.0 Å². The van der Waals surface area contributed by atoms with E-state index in [1.807, 2.05) is 12.1 Å². The van der Waals surface area contributed by atoms with Crippen molar-refractivity contribution in [3.8, 4) is 5.75 Å². The van der Waals surface area contributed by atoms with E-state index >= 15 is 0 Å². The molecule has 19 heavy (non-hydrogen) atoms. The summed E-state index contributed by atoms with van der Waals surface area (Å²) in [6.45, 7) is 2.36. The molecule has 1 saturated heterocycles. The van der Waals surface area contributed by atoms with E-state index in [9.17, 15) is 0 Å². The molecule has 2 unspecified atom stereocenters. The van der Waals surface area contributed by atoms with Crippen molar-refractivity contribution in [2.24, 2.45) is 11.7 Å². The fraction of sp³-hybridized carbons (Fsp3) is 0.600. The van der Waals surface area contributed by atoms with Gasteiger partial charge in [-0.05, 0) is 37.1 Å². The Hall–Kier alpha value is -1.26. The average Bonchev–Trinajstić information content (AvgIpc) is 2.49. The van der Waals surface area contributed by atoms with Crippen LogP contribution in [0, 0.1) is 5.92 Å². The van der Waals surface area contributed by atoms with E-state index in [2.05, 4.69) is 24.1 Å². The molecule has 0 aliphatic carbocycles. The van der Waals surface area contributed by atoms with Crippen LogP contribution in [0.25, 0.3) is 0 Å². The van der Waals surface area contributed by atoms with Crippen LogP contribution in [0.3, 0.4) is 0 Å². The van der Waals surface area contributed by atoms with E-state index in [-0.39, 0.29) is 0 Å². The number of rotatable bonds is 5. The largest absolute Gasteiger partial charge is 0.497 e. The van der Waals surface area contributed by atoms with Gasteiger partial charge >= 0.3 is 0 Å². The van der Waals surface area contributed by atoms with Crippen LogP contribution < -0.4 is 15.4 Å². The molecule has 2 N–H and O–H groups in total. The number of hydrogen-bond donors (Lipinski definition) is 1. The van der Waals surface area contributed by atoms with Gasteiger partial charge in [0.1, 0.15) is 5.75 Å². The van der Waals surface area contributed by atoms with Crippen molar-refractivity contribution in [1.82, 2.24) is 0 Å². The molecule has 106 valence electrons. The van der Waals surface area contributed by atoms with Gasteiger partial charge in [-0.3, -0.25) is 0 Å². The summed E-state index contributed by atoms with van der Waals surface area (Å²) in [5.41, 5.74) is 7.14. The maximum Gasteiger partial charge on any atom is 0.119 e. The first-order valence-corrected chi connectivity index (χ1v) is 6.91. The standard InChI is InChI=1S/C15H24N2O2/c1-17(13-5-7-14(18-2)8-6-13)15(10-16)12-4-3-9-19-11-12/h5-8,12,15H,3-4,9-11,16H2,1-2H3. The van der Waals surface area contributed by atoms with Gasteiger partial charge in [-0.2, -0.15) is 0 Å². The maximum atomic E-state index is 5.98. The minimum absolute atomic E-state index is 0.327. The van der Waals surface area contributed by atoms with E-state index < -0.39 is 0 Å². The number of likely N-dealkylation sites (N-methyl/N-ethyl adjacent to an activating group) is 1. The topological polar surface area (TPSA) is 47.7 Å². The van der Waals surface area contributed by atoms with E-state index in [0.717, 1.165) is 25.4 Å². The van der Waals surface area contributed by atoms with E-state index in [1.165, 1.54) is 12.1 Å². The van der Waals surface area contributed by atoms with Crippen molar-refractivity contribution >= 4 is 5.69 Å². The summed E-state index contributed by atoms with van der Waals surface area (Å²) in [5.74, 6) is 1.40. The molecule has 4 nitrogen and oxygen atoms in total. The van der Waals surface area contributed by atoms with Crippen LogP contribution in [0.5, 0.6) is 5.75 Å². The molecule has 1 aliphatic heterocycles. The molecule has 0 radical (unpaired) electrons. The Balaban J connectivity index is 2.07. The average molecular weight is 264 g/mol. The number of methoxy groups -OCH3 is 1. The Bertz CT molecular complexity index is 374. The molecule has 1 aromatic rings. The smallest absolute Gasteiger partial charge is 0.119 e. The molecule has 0 aromatic heterocycles. The highest BCUT2D eigenvalue weighted by atomic mass is 16.5. The van der Waals surface area contributed by atoms with Gasteiger partial charge in [0.05, 0.1) is 13.7 Å². The third-order valence-electron chi connectivity index (χ3n) is 3.96. The highest BCUT2D eigenvalue weighted by molar-refractivity contribution is 5.49. The van der Waals surface area contributed by atoms with Gasteiger partial charge in [0, 0.05) is 37.8 Å². The Kier molecular flexibility index (Phi) is 5.05. The molecular weight excluding hydrogens is 240 g/mol. The zero-order valence-corrected chi connectivity index (χ0v) is 11.8. The lowest BCUT2D eigenvalue weighted by Gasteiger charge is -2.37. The molecule has 1 heterocycles. The van der Waals surface area contributed by atoms with Crippen molar-refractivity contribution in [2.45, 2.75) is 18.9 Å². The predicted molar refractivity (Wildman–Crippen MR) is 77.8 cm³/mol. The SMILES string of the molecule is COc1ccc(N(C)C(CN)C2CCCOC2)cc1. The lowest BCUT2D eigenvalue weighted by Crippen LogP contribution is -2.46. The van der Waals surface area contributed by atoms with E-state index in [4.69, 9.17) is 15.2 Å². The van der Waals surface area contributed by atoms with Crippen molar-refractivity contribution in [2.75, 3.05) is 38.8 Å². The van der Waals surface area contributed by atoms with Crippen LogP contribution in [-0.2, 0) is 4.74 Å². The maximum absolute atomic E-state index is 5.98. The summed E-state index contributed by atoms with van der Waals surface area (Å²) < 4.78 is 10.8. The molecule has 0 amide bonds. The van der Waals surface area contributed by atoms with Gasteiger partial charge in [-0.25, -0.2) is 0 Å². The van der Waals surface area contributed by atoms with Crippen molar-refractivity contribution in [3.05, 3.63) is 24.3 Å². The summed E-state index contributed by atoms with van der Waals surface area (Å²) in [6.07, 6.45) is 2.33. The lowest BCUT2D eigenvalue weighted by molar-refractivity contribution is 0.0453. The summed E-state index contributed by atoms with van der Waals surface area (Å²) in [4.78, 5) is 2.26. The van der Waals surface area contributed by atoms with E-state index in [0.29, 0.717) is 18.5 Å². The highest BCUT2D eigenvalue weighted by Gasteiger charge is 2.26. The van der Waals surface area contributed by atoms with Gasteiger partial charge in [-0.15, -0.1) is 0 Å². The van der Waals surface area contributed by atoms with Crippen LogP contribution in [0.2, 0.25) is 0 Å². The van der Waals surface area contributed by atoms with E-state index in [1.54, 1.807) is 7.11 Å². The summed E-state index contributed by atoms with van der Waals surface area (Å²) in [6, 6.07) is 8.44. The summed E-state index contributed by atoms with van der Waals surface area (Å²) in [5, 5.41) is 0. The second-order valence-corrected chi connectivity index (χ2v) is 5.09. The number of hydrogen-bond acceptors (Lipinski definition) is 4. The molecule has 2 rings (SSSR count). The number of anilines is 1. The number of ether oxygens (including phenoxy) is 2. The molecule has 1 aliphatic rings. The first kappa shape index (κ1) is 14.2. The fourth-order valence-electron chi connectivity index (χ4n) is 2.74. The zero-order valence-electron chi connectivity index (χ0n) is 11.8. The van der Waals surface area contributed by atoms with Crippen LogP contribution in [0.15, 0.2) is 24.3 Å². The second kappa shape index (κ2) is 6.78. The Morgan fingerprint density at radius 2 is 2.16 bits per heavy atom. The first-order chi connectivity index (χ1) is 9.26. The van der Waals surface area contributed by atoms with Crippen LogP contribution >= 0.6 is 0 Å². The molecule has 2 atom stereocenters. The van der Waals surface area contributed by atoms with Gasteiger partial charge in [0.15, 0.2) is 0 Å². The third-order valence-corrected chi connectivity index (χ3v) is 3.96. The fourth-order valence-corrected chi connectivity index (χ4v) is 2.74. The quantitative estimate of drug-likeness (QED) is 0.882. The molecule has 1 fully saturated rings. The molecule has 4 heteroatoms. The number of nitrogens with zero attached hydrogens (tertiary/aromatic N) is 1. The minimum atomic E-state index is 0.327. The van der Waals surface area contributed by atoms with Gasteiger partial charge < -0.3 is 20.1 Å². The monoisotopic (exact) mass is 264 g/mol. The lowest BCUT2D eigenvalue weighted by atomic mass is 9.92.